The van der Waals surface area contributed by atoms with Gasteiger partial charge in [0.25, 0.3) is 0 Å². The molecule has 5 nitrogen and oxygen atoms in total. The van der Waals surface area contributed by atoms with Crippen molar-refractivity contribution in [2.24, 2.45) is 0 Å². The van der Waals surface area contributed by atoms with Crippen LogP contribution in [0.3, 0.4) is 0 Å². The molecule has 0 aliphatic rings. The second-order valence-corrected chi connectivity index (χ2v) is 8.12. The van der Waals surface area contributed by atoms with E-state index in [0.717, 1.165) is 22.3 Å². The van der Waals surface area contributed by atoms with Crippen molar-refractivity contribution in [2.45, 2.75) is 26.7 Å². The molecule has 1 N–H and O–H groups in total. The number of rotatable bonds is 7. The summed E-state index contributed by atoms with van der Waals surface area (Å²) in [5.41, 5.74) is 5.21. The predicted octanol–water partition coefficient (Wildman–Crippen LogP) is 6.70. The molecular formula is C29H24N2O3. The van der Waals surface area contributed by atoms with Crippen LogP contribution in [0, 0.1) is 25.2 Å². The van der Waals surface area contributed by atoms with E-state index in [1.54, 1.807) is 6.07 Å². The van der Waals surface area contributed by atoms with E-state index < -0.39 is 0 Å². The normalized spacial score (nSPS) is 10.5. The van der Waals surface area contributed by atoms with Gasteiger partial charge in [0.05, 0.1) is 0 Å². The summed E-state index contributed by atoms with van der Waals surface area (Å²) in [5, 5.41) is 12.6. The second-order valence-electron chi connectivity index (χ2n) is 8.12. The molecule has 0 bridgehead atoms. The lowest BCUT2D eigenvalue weighted by atomic mass is 9.98. The van der Waals surface area contributed by atoms with Gasteiger partial charge >= 0.3 is 0 Å². The molecule has 1 heterocycles. The summed E-state index contributed by atoms with van der Waals surface area (Å²) in [5.74, 6) is 0.100. The molecule has 168 valence electrons. The van der Waals surface area contributed by atoms with Crippen LogP contribution >= 0.6 is 0 Å². The number of furan rings is 1. The standard InChI is InChI=1S/C29H24N2O3/c1-19-13-14-23(17-20(19)2)25(32)15-16-26(33)31-29-24(18-30)27(21-9-5-3-6-10-21)28(34-29)22-11-7-4-8-12-22/h3-14,17H,15-16H2,1-2H3,(H,31,33). The molecule has 0 saturated heterocycles. The Morgan fingerprint density at radius 1 is 0.853 bits per heavy atom. The molecule has 0 aliphatic heterocycles. The number of ketones is 1. The highest BCUT2D eigenvalue weighted by Gasteiger charge is 2.24. The van der Waals surface area contributed by atoms with Crippen LogP contribution < -0.4 is 5.32 Å². The maximum absolute atomic E-state index is 12.7. The van der Waals surface area contributed by atoms with Crippen LogP contribution in [-0.2, 0) is 4.79 Å². The lowest BCUT2D eigenvalue weighted by molar-refractivity contribution is -0.116. The monoisotopic (exact) mass is 448 g/mol. The first kappa shape index (κ1) is 22.8. The molecule has 0 saturated carbocycles. The molecule has 1 aromatic heterocycles. The van der Waals surface area contributed by atoms with Crippen LogP contribution in [0.2, 0.25) is 0 Å². The Morgan fingerprint density at radius 2 is 1.50 bits per heavy atom. The molecule has 1 amide bonds. The van der Waals surface area contributed by atoms with Gasteiger partial charge in [0.1, 0.15) is 17.4 Å². The zero-order valence-electron chi connectivity index (χ0n) is 19.1. The van der Waals surface area contributed by atoms with Crippen LogP contribution in [0.25, 0.3) is 22.5 Å². The number of anilines is 1. The number of amides is 1. The Labute approximate surface area is 198 Å². The van der Waals surface area contributed by atoms with Crippen molar-refractivity contribution in [3.8, 4) is 28.5 Å². The van der Waals surface area contributed by atoms with Gasteiger partial charge in [-0.05, 0) is 36.6 Å². The molecule has 0 radical (unpaired) electrons. The maximum atomic E-state index is 12.7. The first-order valence-electron chi connectivity index (χ1n) is 11.1. The van der Waals surface area contributed by atoms with Gasteiger partial charge in [0, 0.05) is 29.5 Å². The molecule has 0 aliphatic carbocycles. The van der Waals surface area contributed by atoms with Crippen molar-refractivity contribution >= 4 is 17.6 Å². The van der Waals surface area contributed by atoms with Gasteiger partial charge in [0.15, 0.2) is 5.78 Å². The summed E-state index contributed by atoms with van der Waals surface area (Å²) >= 11 is 0. The number of aryl methyl sites for hydroxylation is 2. The van der Waals surface area contributed by atoms with E-state index in [2.05, 4.69) is 11.4 Å². The van der Waals surface area contributed by atoms with E-state index in [-0.39, 0.29) is 36.0 Å². The lowest BCUT2D eigenvalue weighted by Gasteiger charge is -2.05. The molecule has 0 atom stereocenters. The first-order valence-corrected chi connectivity index (χ1v) is 11.1. The average Bonchev–Trinajstić information content (AvgIpc) is 3.23. The van der Waals surface area contributed by atoms with E-state index in [0.29, 0.717) is 16.9 Å². The van der Waals surface area contributed by atoms with Crippen molar-refractivity contribution in [1.82, 2.24) is 0 Å². The molecule has 4 aromatic rings. The number of benzene rings is 3. The fourth-order valence-corrected chi connectivity index (χ4v) is 3.77. The quantitative estimate of drug-likeness (QED) is 0.319. The van der Waals surface area contributed by atoms with E-state index in [1.807, 2.05) is 86.6 Å². The number of nitrogens with zero attached hydrogens (tertiary/aromatic N) is 1. The molecule has 34 heavy (non-hydrogen) atoms. The third kappa shape index (κ3) is 4.82. The fraction of sp³-hybridized carbons (Fsp3) is 0.138. The minimum absolute atomic E-state index is 0.0152. The van der Waals surface area contributed by atoms with Crippen LogP contribution in [0.5, 0.6) is 0 Å². The minimum atomic E-state index is -0.387. The van der Waals surface area contributed by atoms with Gasteiger partial charge in [-0.15, -0.1) is 0 Å². The van der Waals surface area contributed by atoms with Crippen molar-refractivity contribution < 1.29 is 14.0 Å². The number of hydrogen-bond donors (Lipinski definition) is 1. The van der Waals surface area contributed by atoms with Gasteiger partial charge in [-0.25, -0.2) is 0 Å². The Balaban J connectivity index is 1.59. The van der Waals surface area contributed by atoms with E-state index in [4.69, 9.17) is 4.42 Å². The summed E-state index contributed by atoms with van der Waals surface area (Å²) in [4.78, 5) is 25.3. The highest BCUT2D eigenvalue weighted by molar-refractivity contribution is 6.01. The van der Waals surface area contributed by atoms with Crippen molar-refractivity contribution in [3.05, 3.63) is 101 Å². The average molecular weight is 449 g/mol. The van der Waals surface area contributed by atoms with E-state index in [9.17, 15) is 14.9 Å². The molecule has 0 spiro atoms. The summed E-state index contributed by atoms with van der Waals surface area (Å²) < 4.78 is 6.03. The minimum Gasteiger partial charge on any atom is -0.438 e. The molecule has 3 aromatic carbocycles. The smallest absolute Gasteiger partial charge is 0.227 e. The maximum Gasteiger partial charge on any atom is 0.227 e. The number of nitriles is 1. The zero-order chi connectivity index (χ0) is 24.1. The van der Waals surface area contributed by atoms with Gasteiger partial charge in [0.2, 0.25) is 11.8 Å². The van der Waals surface area contributed by atoms with Gasteiger partial charge < -0.3 is 4.42 Å². The summed E-state index contributed by atoms with van der Waals surface area (Å²) in [7, 11) is 0. The second kappa shape index (κ2) is 10.0. The van der Waals surface area contributed by atoms with Crippen molar-refractivity contribution in [1.29, 1.82) is 5.26 Å². The van der Waals surface area contributed by atoms with Crippen LogP contribution in [0.15, 0.2) is 83.3 Å². The van der Waals surface area contributed by atoms with Gasteiger partial charge in [-0.3, -0.25) is 14.9 Å². The first-order chi connectivity index (χ1) is 16.5. The number of carbonyl (C=O) groups is 2. The Bertz CT molecular complexity index is 1380. The SMILES string of the molecule is Cc1ccc(C(=O)CCC(=O)Nc2oc(-c3ccccc3)c(-c3ccccc3)c2C#N)cc1C. The summed E-state index contributed by atoms with van der Waals surface area (Å²) in [6, 6.07) is 26.6. The highest BCUT2D eigenvalue weighted by Crippen LogP contribution is 2.41. The third-order valence-corrected chi connectivity index (χ3v) is 5.78. The summed E-state index contributed by atoms with van der Waals surface area (Å²) in [6.07, 6.45) is 0.0483. The van der Waals surface area contributed by atoms with Gasteiger partial charge in [-0.2, -0.15) is 5.26 Å². The Morgan fingerprint density at radius 3 is 2.12 bits per heavy atom. The Kier molecular flexibility index (Phi) is 6.70. The number of nitrogens with one attached hydrogen (secondary N) is 1. The molecule has 4 rings (SSSR count). The van der Waals surface area contributed by atoms with E-state index in [1.165, 1.54) is 0 Å². The Hall–Kier alpha value is -4.43. The summed E-state index contributed by atoms with van der Waals surface area (Å²) in [6.45, 7) is 3.94. The molecule has 5 heteroatoms. The van der Waals surface area contributed by atoms with Gasteiger partial charge in [-0.1, -0.05) is 72.8 Å². The van der Waals surface area contributed by atoms with Crippen LogP contribution in [0.4, 0.5) is 5.88 Å². The van der Waals surface area contributed by atoms with Crippen molar-refractivity contribution in [3.63, 3.8) is 0 Å². The van der Waals surface area contributed by atoms with E-state index >= 15 is 0 Å². The molecular weight excluding hydrogens is 424 g/mol. The molecule has 0 unspecified atom stereocenters. The zero-order valence-corrected chi connectivity index (χ0v) is 19.1. The van der Waals surface area contributed by atoms with Crippen LogP contribution in [-0.4, -0.2) is 11.7 Å². The largest absolute Gasteiger partial charge is 0.438 e. The third-order valence-electron chi connectivity index (χ3n) is 5.78. The molecule has 0 fully saturated rings. The topological polar surface area (TPSA) is 83.1 Å². The fourth-order valence-electron chi connectivity index (χ4n) is 3.77. The number of carbonyl (C=O) groups excluding carboxylic acids is 2. The lowest BCUT2D eigenvalue weighted by Crippen LogP contribution is -2.14. The van der Waals surface area contributed by atoms with Crippen LogP contribution in [0.1, 0.15) is 39.9 Å². The highest BCUT2D eigenvalue weighted by atomic mass is 16.4. The number of Topliss-reactive ketones (excluding diaryl/α,β-unsaturated/α-hetero) is 1. The predicted molar refractivity (Wildman–Crippen MR) is 132 cm³/mol. The number of hydrogen-bond acceptors (Lipinski definition) is 4. The van der Waals surface area contributed by atoms with Crippen molar-refractivity contribution in [2.75, 3.05) is 5.32 Å².